The first-order valence-electron chi connectivity index (χ1n) is 8.34. The van der Waals surface area contributed by atoms with Crippen molar-refractivity contribution in [2.45, 2.75) is 39.7 Å². The van der Waals surface area contributed by atoms with Gasteiger partial charge in [0, 0.05) is 6.08 Å². The minimum Gasteiger partial charge on any atom is -0.494 e. The molecular formula is C19H27NO5. The van der Waals surface area contributed by atoms with Gasteiger partial charge in [-0.15, -0.1) is 0 Å². The molecule has 0 bridgehead atoms. The molecule has 25 heavy (non-hydrogen) atoms. The lowest BCUT2D eigenvalue weighted by molar-refractivity contribution is -0.137. The van der Waals surface area contributed by atoms with E-state index in [-0.39, 0.29) is 13.2 Å². The first-order chi connectivity index (χ1) is 11.8. The van der Waals surface area contributed by atoms with E-state index in [0.717, 1.165) is 17.7 Å². The summed E-state index contributed by atoms with van der Waals surface area (Å²) in [4.78, 5) is 23.0. The molecule has 0 unspecified atom stereocenters. The molecule has 0 aliphatic rings. The maximum absolute atomic E-state index is 11.6. The van der Waals surface area contributed by atoms with E-state index in [1.54, 1.807) is 26.8 Å². The topological polar surface area (TPSA) is 73.9 Å². The average Bonchev–Trinajstić information content (AvgIpc) is 2.54. The van der Waals surface area contributed by atoms with Crippen molar-refractivity contribution in [3.8, 4) is 5.75 Å². The molecular weight excluding hydrogens is 322 g/mol. The number of nitrogens with one attached hydrogen (secondary N) is 1. The predicted molar refractivity (Wildman–Crippen MR) is 96.5 cm³/mol. The lowest BCUT2D eigenvalue weighted by Crippen LogP contribution is -2.34. The summed E-state index contributed by atoms with van der Waals surface area (Å²) in [5, 5.41) is 2.51. The number of carbonyl (C=O) groups is 2. The van der Waals surface area contributed by atoms with E-state index in [0.29, 0.717) is 6.61 Å². The first kappa shape index (κ1) is 20.5. The SMILES string of the molecule is CCCOc1ccc(/C=C/C(=O)OCCNC(=O)OC(C)(C)C)cc1. The van der Waals surface area contributed by atoms with E-state index >= 15 is 0 Å². The lowest BCUT2D eigenvalue weighted by atomic mass is 10.2. The molecule has 1 aromatic rings. The number of alkyl carbamates (subject to hydrolysis) is 1. The number of esters is 1. The van der Waals surface area contributed by atoms with Crippen LogP contribution in [0.25, 0.3) is 6.08 Å². The van der Waals surface area contributed by atoms with Crippen LogP contribution < -0.4 is 10.1 Å². The van der Waals surface area contributed by atoms with E-state index in [9.17, 15) is 9.59 Å². The van der Waals surface area contributed by atoms with Gasteiger partial charge in [-0.05, 0) is 51.0 Å². The Kier molecular flexibility index (Phi) is 8.53. The van der Waals surface area contributed by atoms with Crippen LogP contribution >= 0.6 is 0 Å². The Hall–Kier alpha value is -2.50. The molecule has 0 aliphatic heterocycles. The standard InChI is InChI=1S/C19H27NO5/c1-5-13-23-16-9-6-15(7-10-16)8-11-17(21)24-14-12-20-18(22)25-19(2,3)4/h6-11H,5,12-14H2,1-4H3,(H,20,22)/b11-8+. The highest BCUT2D eigenvalue weighted by Crippen LogP contribution is 2.13. The monoisotopic (exact) mass is 349 g/mol. The van der Waals surface area contributed by atoms with Crippen molar-refractivity contribution in [2.24, 2.45) is 0 Å². The number of benzene rings is 1. The molecule has 0 saturated heterocycles. The van der Waals surface area contributed by atoms with Crippen LogP contribution in [-0.4, -0.2) is 37.4 Å². The van der Waals surface area contributed by atoms with Crippen molar-refractivity contribution in [2.75, 3.05) is 19.8 Å². The largest absolute Gasteiger partial charge is 0.494 e. The van der Waals surface area contributed by atoms with Gasteiger partial charge in [0.15, 0.2) is 0 Å². The van der Waals surface area contributed by atoms with Crippen LogP contribution in [0.3, 0.4) is 0 Å². The Labute approximate surface area is 149 Å². The van der Waals surface area contributed by atoms with Crippen molar-refractivity contribution >= 4 is 18.1 Å². The molecule has 1 amide bonds. The van der Waals surface area contributed by atoms with Gasteiger partial charge in [0.2, 0.25) is 0 Å². The van der Waals surface area contributed by atoms with Crippen LogP contribution in [0.4, 0.5) is 4.79 Å². The first-order valence-corrected chi connectivity index (χ1v) is 8.34. The number of amides is 1. The summed E-state index contributed by atoms with van der Waals surface area (Å²) < 4.78 is 15.6. The lowest BCUT2D eigenvalue weighted by Gasteiger charge is -2.19. The summed E-state index contributed by atoms with van der Waals surface area (Å²) in [5.41, 5.74) is 0.313. The van der Waals surface area contributed by atoms with Crippen molar-refractivity contribution in [1.82, 2.24) is 5.32 Å². The molecule has 0 aromatic heterocycles. The Balaban J connectivity index is 2.27. The number of carbonyl (C=O) groups excluding carboxylic acids is 2. The molecule has 1 rings (SSSR count). The third kappa shape index (κ3) is 10.1. The van der Waals surface area contributed by atoms with Gasteiger partial charge < -0.3 is 19.5 Å². The van der Waals surface area contributed by atoms with E-state index in [4.69, 9.17) is 14.2 Å². The fraction of sp³-hybridized carbons (Fsp3) is 0.474. The third-order valence-electron chi connectivity index (χ3n) is 2.78. The fourth-order valence-corrected chi connectivity index (χ4v) is 1.73. The van der Waals surface area contributed by atoms with Gasteiger partial charge >= 0.3 is 12.1 Å². The molecule has 0 heterocycles. The second kappa shape index (κ2) is 10.4. The van der Waals surface area contributed by atoms with E-state index in [2.05, 4.69) is 5.32 Å². The highest BCUT2D eigenvalue weighted by molar-refractivity contribution is 5.87. The molecule has 0 fully saturated rings. The summed E-state index contributed by atoms with van der Waals surface area (Å²) >= 11 is 0. The third-order valence-corrected chi connectivity index (χ3v) is 2.78. The Morgan fingerprint density at radius 1 is 1.12 bits per heavy atom. The Morgan fingerprint density at radius 2 is 1.80 bits per heavy atom. The average molecular weight is 349 g/mol. The summed E-state index contributed by atoms with van der Waals surface area (Å²) in [6, 6.07) is 7.43. The number of hydrogen-bond acceptors (Lipinski definition) is 5. The Bertz CT molecular complexity index is 572. The van der Waals surface area contributed by atoms with Crippen LogP contribution in [0.2, 0.25) is 0 Å². The minimum atomic E-state index is -0.555. The summed E-state index contributed by atoms with van der Waals surface area (Å²) in [7, 11) is 0. The molecule has 0 atom stereocenters. The van der Waals surface area contributed by atoms with Crippen LogP contribution in [0.15, 0.2) is 30.3 Å². The van der Waals surface area contributed by atoms with Crippen LogP contribution in [-0.2, 0) is 14.3 Å². The second-order valence-electron chi connectivity index (χ2n) is 6.35. The van der Waals surface area contributed by atoms with Gasteiger partial charge in [0.05, 0.1) is 13.2 Å². The molecule has 1 N–H and O–H groups in total. The molecule has 0 radical (unpaired) electrons. The van der Waals surface area contributed by atoms with Gasteiger partial charge in [0.25, 0.3) is 0 Å². The molecule has 6 nitrogen and oxygen atoms in total. The zero-order valence-electron chi connectivity index (χ0n) is 15.3. The summed E-state index contributed by atoms with van der Waals surface area (Å²) in [6.07, 6.45) is 3.42. The smallest absolute Gasteiger partial charge is 0.407 e. The molecule has 0 spiro atoms. The van der Waals surface area contributed by atoms with Gasteiger partial charge in [-0.1, -0.05) is 19.1 Å². The maximum atomic E-state index is 11.6. The van der Waals surface area contributed by atoms with E-state index < -0.39 is 17.7 Å². The highest BCUT2D eigenvalue weighted by atomic mass is 16.6. The predicted octanol–water partition coefficient (Wildman–Crippen LogP) is 3.56. The van der Waals surface area contributed by atoms with E-state index in [1.165, 1.54) is 6.08 Å². The molecule has 138 valence electrons. The van der Waals surface area contributed by atoms with Gasteiger partial charge in [-0.2, -0.15) is 0 Å². The maximum Gasteiger partial charge on any atom is 0.407 e. The molecule has 0 aliphatic carbocycles. The van der Waals surface area contributed by atoms with E-state index in [1.807, 2.05) is 31.2 Å². The number of ether oxygens (including phenoxy) is 3. The van der Waals surface area contributed by atoms with Crippen LogP contribution in [0.5, 0.6) is 5.75 Å². The molecule has 1 aromatic carbocycles. The second-order valence-corrected chi connectivity index (χ2v) is 6.35. The zero-order valence-corrected chi connectivity index (χ0v) is 15.3. The van der Waals surface area contributed by atoms with Crippen molar-refractivity contribution in [3.63, 3.8) is 0 Å². The summed E-state index contributed by atoms with van der Waals surface area (Å²) in [6.45, 7) is 8.33. The number of rotatable bonds is 8. The normalized spacial score (nSPS) is 11.2. The van der Waals surface area contributed by atoms with Gasteiger partial charge in [0.1, 0.15) is 18.0 Å². The van der Waals surface area contributed by atoms with Crippen LogP contribution in [0.1, 0.15) is 39.7 Å². The summed E-state index contributed by atoms with van der Waals surface area (Å²) in [5.74, 6) is 0.326. The fourth-order valence-electron chi connectivity index (χ4n) is 1.73. The molecule has 6 heteroatoms. The van der Waals surface area contributed by atoms with Crippen molar-refractivity contribution < 1.29 is 23.8 Å². The van der Waals surface area contributed by atoms with Gasteiger partial charge in [-0.3, -0.25) is 0 Å². The number of hydrogen-bond donors (Lipinski definition) is 1. The quantitative estimate of drug-likeness (QED) is 0.441. The van der Waals surface area contributed by atoms with Crippen molar-refractivity contribution in [1.29, 1.82) is 0 Å². The van der Waals surface area contributed by atoms with Gasteiger partial charge in [-0.25, -0.2) is 9.59 Å². The zero-order chi connectivity index (χ0) is 18.7. The van der Waals surface area contributed by atoms with Crippen molar-refractivity contribution in [3.05, 3.63) is 35.9 Å². The molecule has 0 saturated carbocycles. The highest BCUT2D eigenvalue weighted by Gasteiger charge is 2.15. The Morgan fingerprint density at radius 3 is 2.40 bits per heavy atom. The van der Waals surface area contributed by atoms with Crippen LogP contribution in [0, 0.1) is 0 Å². The minimum absolute atomic E-state index is 0.0756.